The maximum absolute atomic E-state index is 12.3. The topological polar surface area (TPSA) is 41.9 Å². The van der Waals surface area contributed by atoms with E-state index in [2.05, 4.69) is 20.9 Å². The second kappa shape index (κ2) is 7.04. The molecule has 0 saturated carbocycles. The summed E-state index contributed by atoms with van der Waals surface area (Å²) >= 11 is 3.36. The van der Waals surface area contributed by atoms with Crippen LogP contribution in [0.1, 0.15) is 10.4 Å². The predicted octanol–water partition coefficient (Wildman–Crippen LogP) is 3.89. The standard InChI is InChI=1S/C16H15BrN2O2/c1-19(11-18-13-9-7-12(17)8-10-13)16(20)14-5-3-4-6-15(14)21-2/h3-11H,1-2H3. The van der Waals surface area contributed by atoms with Crippen LogP contribution in [0.15, 0.2) is 58.0 Å². The van der Waals surface area contributed by atoms with Crippen LogP contribution in [-0.4, -0.2) is 31.3 Å². The Bertz CT molecular complexity index is 654. The van der Waals surface area contributed by atoms with E-state index in [9.17, 15) is 4.79 Å². The first-order chi connectivity index (χ1) is 10.1. The van der Waals surface area contributed by atoms with Crippen molar-refractivity contribution in [2.75, 3.05) is 14.2 Å². The van der Waals surface area contributed by atoms with E-state index in [0.29, 0.717) is 11.3 Å². The first-order valence-electron chi connectivity index (χ1n) is 6.32. The summed E-state index contributed by atoms with van der Waals surface area (Å²) in [6, 6.07) is 14.6. The van der Waals surface area contributed by atoms with Gasteiger partial charge < -0.3 is 9.64 Å². The van der Waals surface area contributed by atoms with Crippen LogP contribution >= 0.6 is 15.9 Å². The number of ether oxygens (including phenoxy) is 1. The Hall–Kier alpha value is -2.14. The molecule has 0 aliphatic heterocycles. The van der Waals surface area contributed by atoms with Gasteiger partial charge in [-0.3, -0.25) is 4.79 Å². The van der Waals surface area contributed by atoms with E-state index in [4.69, 9.17) is 4.74 Å². The first-order valence-corrected chi connectivity index (χ1v) is 7.11. The Labute approximate surface area is 132 Å². The fraction of sp³-hybridized carbons (Fsp3) is 0.125. The number of para-hydroxylation sites is 1. The zero-order chi connectivity index (χ0) is 15.2. The Kier molecular flexibility index (Phi) is 5.11. The second-order valence-corrected chi connectivity index (χ2v) is 5.25. The molecule has 0 bridgehead atoms. The summed E-state index contributed by atoms with van der Waals surface area (Å²) in [5.74, 6) is 0.375. The van der Waals surface area contributed by atoms with Crippen molar-refractivity contribution in [2.45, 2.75) is 0 Å². The van der Waals surface area contributed by atoms with E-state index in [1.165, 1.54) is 11.2 Å². The minimum atomic E-state index is -0.173. The van der Waals surface area contributed by atoms with Crippen LogP contribution in [0.5, 0.6) is 5.75 Å². The number of benzene rings is 2. The van der Waals surface area contributed by atoms with Crippen LogP contribution in [0.4, 0.5) is 5.69 Å². The second-order valence-electron chi connectivity index (χ2n) is 4.34. The van der Waals surface area contributed by atoms with Crippen LogP contribution in [0.3, 0.4) is 0 Å². The average molecular weight is 347 g/mol. The number of methoxy groups -OCH3 is 1. The van der Waals surface area contributed by atoms with Gasteiger partial charge in [-0.2, -0.15) is 0 Å². The fourth-order valence-electron chi connectivity index (χ4n) is 1.74. The number of amides is 1. The molecule has 0 aromatic heterocycles. The van der Waals surface area contributed by atoms with Gasteiger partial charge in [-0.15, -0.1) is 0 Å². The molecule has 0 aliphatic carbocycles. The first kappa shape index (κ1) is 15.3. The van der Waals surface area contributed by atoms with Gasteiger partial charge in [0.15, 0.2) is 0 Å². The molecule has 0 aliphatic rings. The summed E-state index contributed by atoms with van der Waals surface area (Å²) in [6.45, 7) is 0. The average Bonchev–Trinajstić information content (AvgIpc) is 2.53. The van der Waals surface area contributed by atoms with Crippen LogP contribution in [0.2, 0.25) is 0 Å². The number of carbonyl (C=O) groups is 1. The molecule has 0 unspecified atom stereocenters. The van der Waals surface area contributed by atoms with Crippen molar-refractivity contribution in [2.24, 2.45) is 4.99 Å². The molecule has 4 nitrogen and oxygen atoms in total. The van der Waals surface area contributed by atoms with Gasteiger partial charge in [0, 0.05) is 11.5 Å². The van der Waals surface area contributed by atoms with E-state index in [1.807, 2.05) is 30.3 Å². The smallest absolute Gasteiger partial charge is 0.262 e. The summed E-state index contributed by atoms with van der Waals surface area (Å²) in [6.07, 6.45) is 1.50. The zero-order valence-corrected chi connectivity index (χ0v) is 13.4. The third-order valence-corrected chi connectivity index (χ3v) is 3.39. The van der Waals surface area contributed by atoms with Crippen LogP contribution < -0.4 is 4.74 Å². The number of carbonyl (C=O) groups excluding carboxylic acids is 1. The third-order valence-electron chi connectivity index (χ3n) is 2.86. The molecule has 108 valence electrons. The molecule has 0 atom stereocenters. The van der Waals surface area contributed by atoms with Crippen molar-refractivity contribution in [3.05, 3.63) is 58.6 Å². The molecule has 0 spiro atoms. The lowest BCUT2D eigenvalue weighted by atomic mass is 10.2. The Balaban J connectivity index is 2.14. The van der Waals surface area contributed by atoms with Gasteiger partial charge in [-0.1, -0.05) is 28.1 Å². The van der Waals surface area contributed by atoms with Gasteiger partial charge in [0.25, 0.3) is 5.91 Å². The van der Waals surface area contributed by atoms with E-state index < -0.39 is 0 Å². The van der Waals surface area contributed by atoms with E-state index in [-0.39, 0.29) is 5.91 Å². The number of rotatable bonds is 4. The quantitative estimate of drug-likeness (QED) is 0.622. The lowest BCUT2D eigenvalue weighted by Gasteiger charge is -2.13. The number of halogens is 1. The predicted molar refractivity (Wildman–Crippen MR) is 87.4 cm³/mol. The van der Waals surface area contributed by atoms with Crippen LogP contribution in [0.25, 0.3) is 0 Å². The molecule has 2 aromatic rings. The van der Waals surface area contributed by atoms with Crippen molar-refractivity contribution < 1.29 is 9.53 Å². The van der Waals surface area contributed by atoms with Gasteiger partial charge in [-0.05, 0) is 36.4 Å². The highest BCUT2D eigenvalue weighted by Crippen LogP contribution is 2.19. The summed E-state index contributed by atoms with van der Waals surface area (Å²) in [5, 5.41) is 0. The molecule has 21 heavy (non-hydrogen) atoms. The van der Waals surface area contributed by atoms with Crippen molar-refractivity contribution >= 4 is 33.9 Å². The molecular weight excluding hydrogens is 332 g/mol. The van der Waals surface area contributed by atoms with E-state index in [0.717, 1.165) is 10.2 Å². The maximum Gasteiger partial charge on any atom is 0.262 e. The lowest BCUT2D eigenvalue weighted by molar-refractivity contribution is 0.0872. The molecule has 2 rings (SSSR count). The Morgan fingerprint density at radius 1 is 1.19 bits per heavy atom. The van der Waals surface area contributed by atoms with Crippen molar-refractivity contribution in [3.8, 4) is 5.75 Å². The number of hydrogen-bond donors (Lipinski definition) is 0. The third kappa shape index (κ3) is 3.92. The SMILES string of the molecule is COc1ccccc1C(=O)N(C)C=Nc1ccc(Br)cc1. The highest BCUT2D eigenvalue weighted by atomic mass is 79.9. The van der Waals surface area contributed by atoms with Crippen molar-refractivity contribution in [3.63, 3.8) is 0 Å². The minimum absolute atomic E-state index is 0.173. The normalized spacial score (nSPS) is 10.6. The lowest BCUT2D eigenvalue weighted by Crippen LogP contribution is -2.25. The molecular formula is C16H15BrN2O2. The highest BCUT2D eigenvalue weighted by molar-refractivity contribution is 9.10. The summed E-state index contributed by atoms with van der Waals surface area (Å²) in [4.78, 5) is 18.0. The van der Waals surface area contributed by atoms with Gasteiger partial charge >= 0.3 is 0 Å². The van der Waals surface area contributed by atoms with E-state index >= 15 is 0 Å². The van der Waals surface area contributed by atoms with Crippen molar-refractivity contribution in [1.82, 2.24) is 4.90 Å². The zero-order valence-electron chi connectivity index (χ0n) is 11.8. The summed E-state index contributed by atoms with van der Waals surface area (Å²) in [7, 11) is 3.21. The Morgan fingerprint density at radius 2 is 1.86 bits per heavy atom. The number of aliphatic imine (C=N–C) groups is 1. The van der Waals surface area contributed by atoms with Gasteiger partial charge in [0.05, 0.1) is 24.7 Å². The molecule has 0 radical (unpaired) electrons. The van der Waals surface area contributed by atoms with Crippen molar-refractivity contribution in [1.29, 1.82) is 0 Å². The summed E-state index contributed by atoms with van der Waals surface area (Å²) < 4.78 is 6.18. The monoisotopic (exact) mass is 346 g/mol. The number of hydrogen-bond acceptors (Lipinski definition) is 3. The molecule has 1 amide bonds. The molecule has 0 N–H and O–H groups in total. The van der Waals surface area contributed by atoms with Crippen LogP contribution in [-0.2, 0) is 0 Å². The Morgan fingerprint density at radius 3 is 2.52 bits per heavy atom. The number of nitrogens with zero attached hydrogens (tertiary/aromatic N) is 2. The fourth-order valence-corrected chi connectivity index (χ4v) is 2.01. The molecule has 0 saturated heterocycles. The maximum atomic E-state index is 12.3. The molecule has 5 heteroatoms. The molecule has 0 fully saturated rings. The van der Waals surface area contributed by atoms with Gasteiger partial charge in [-0.25, -0.2) is 4.99 Å². The van der Waals surface area contributed by atoms with Crippen LogP contribution in [0, 0.1) is 0 Å². The van der Waals surface area contributed by atoms with Gasteiger partial charge in [0.1, 0.15) is 5.75 Å². The van der Waals surface area contributed by atoms with E-state index in [1.54, 1.807) is 32.4 Å². The van der Waals surface area contributed by atoms with Gasteiger partial charge in [0.2, 0.25) is 0 Å². The summed E-state index contributed by atoms with van der Waals surface area (Å²) in [5.41, 5.74) is 1.28. The largest absolute Gasteiger partial charge is 0.496 e. The molecule has 0 heterocycles. The highest BCUT2D eigenvalue weighted by Gasteiger charge is 2.14. The minimum Gasteiger partial charge on any atom is -0.496 e. The molecule has 2 aromatic carbocycles.